The lowest BCUT2D eigenvalue weighted by atomic mass is 9.56. The summed E-state index contributed by atoms with van der Waals surface area (Å²) in [5.74, 6) is -1.01. The van der Waals surface area contributed by atoms with E-state index in [1.54, 1.807) is 0 Å². The lowest BCUT2D eigenvalue weighted by Crippen LogP contribution is -2.62. The second kappa shape index (κ2) is 6.65. The Balaban J connectivity index is 2.96. The molecule has 0 heterocycles. The molecule has 5 N–H and O–H groups in total. The highest BCUT2D eigenvalue weighted by molar-refractivity contribution is 6.40. The third-order valence-corrected chi connectivity index (χ3v) is 4.95. The topological polar surface area (TPSA) is 107 Å². The second-order valence-electron chi connectivity index (χ2n) is 7.46. The van der Waals surface area contributed by atoms with Gasteiger partial charge in [-0.2, -0.15) is 0 Å². The molecule has 7 heteroatoms. The van der Waals surface area contributed by atoms with Crippen LogP contribution in [0.25, 0.3) is 0 Å². The van der Waals surface area contributed by atoms with Crippen molar-refractivity contribution >= 4 is 13.1 Å². The lowest BCUT2D eigenvalue weighted by molar-refractivity contribution is -0.151. The van der Waals surface area contributed by atoms with Crippen molar-refractivity contribution in [1.29, 1.82) is 0 Å². The highest BCUT2D eigenvalue weighted by Crippen LogP contribution is 2.49. The SMILES string of the molecule is CN(C)CC1CC(C)(C)C(CCB(O)O)CC1(N)C(=O)O. The van der Waals surface area contributed by atoms with Gasteiger partial charge in [-0.25, -0.2) is 0 Å². The van der Waals surface area contributed by atoms with Crippen molar-refractivity contribution < 1.29 is 19.9 Å². The first-order valence-corrected chi connectivity index (χ1v) is 7.52. The van der Waals surface area contributed by atoms with Crippen LogP contribution >= 0.6 is 0 Å². The monoisotopic (exact) mass is 300 g/mol. The molecule has 1 aliphatic carbocycles. The molecule has 0 spiro atoms. The Morgan fingerprint density at radius 1 is 1.29 bits per heavy atom. The Morgan fingerprint density at radius 2 is 1.86 bits per heavy atom. The summed E-state index contributed by atoms with van der Waals surface area (Å²) >= 11 is 0. The molecule has 0 amide bonds. The maximum atomic E-state index is 11.7. The molecule has 0 aromatic rings. The van der Waals surface area contributed by atoms with Gasteiger partial charge in [0.1, 0.15) is 5.54 Å². The maximum absolute atomic E-state index is 11.7. The van der Waals surface area contributed by atoms with Crippen LogP contribution in [-0.4, -0.2) is 59.3 Å². The van der Waals surface area contributed by atoms with Crippen LogP contribution in [0.15, 0.2) is 0 Å². The smallest absolute Gasteiger partial charge is 0.451 e. The average Bonchev–Trinajstić information content (AvgIpc) is 2.30. The van der Waals surface area contributed by atoms with E-state index in [4.69, 9.17) is 15.8 Å². The normalized spacial score (nSPS) is 32.2. The van der Waals surface area contributed by atoms with Gasteiger partial charge in [0.25, 0.3) is 0 Å². The van der Waals surface area contributed by atoms with Crippen molar-refractivity contribution in [2.45, 2.75) is 45.0 Å². The van der Waals surface area contributed by atoms with E-state index >= 15 is 0 Å². The highest BCUT2D eigenvalue weighted by atomic mass is 16.4. The molecule has 1 aliphatic rings. The first-order valence-electron chi connectivity index (χ1n) is 7.52. The fourth-order valence-corrected chi connectivity index (χ4v) is 3.61. The van der Waals surface area contributed by atoms with E-state index in [-0.39, 0.29) is 23.6 Å². The lowest BCUT2D eigenvalue weighted by Gasteiger charge is -2.50. The Morgan fingerprint density at radius 3 is 2.29 bits per heavy atom. The van der Waals surface area contributed by atoms with Crippen molar-refractivity contribution in [1.82, 2.24) is 4.90 Å². The number of aliphatic carboxylic acids is 1. The number of rotatable bonds is 6. The average molecular weight is 300 g/mol. The Kier molecular flexibility index (Phi) is 5.83. The molecule has 1 rings (SSSR count). The minimum atomic E-state index is -1.35. The van der Waals surface area contributed by atoms with Crippen LogP contribution in [-0.2, 0) is 4.79 Å². The van der Waals surface area contributed by atoms with Gasteiger partial charge in [-0.15, -0.1) is 0 Å². The Bertz CT molecular complexity index is 376. The van der Waals surface area contributed by atoms with Crippen molar-refractivity contribution in [3.63, 3.8) is 0 Å². The van der Waals surface area contributed by atoms with E-state index in [0.29, 0.717) is 19.4 Å². The Hall–Kier alpha value is -0.625. The van der Waals surface area contributed by atoms with Crippen LogP contribution in [0.1, 0.15) is 33.1 Å². The fourth-order valence-electron chi connectivity index (χ4n) is 3.61. The molecule has 0 saturated heterocycles. The van der Waals surface area contributed by atoms with Crippen LogP contribution in [0, 0.1) is 17.3 Å². The third kappa shape index (κ3) is 4.42. The van der Waals surface area contributed by atoms with Crippen LogP contribution in [0.5, 0.6) is 0 Å². The zero-order valence-corrected chi connectivity index (χ0v) is 13.5. The van der Waals surface area contributed by atoms with Crippen molar-refractivity contribution in [2.75, 3.05) is 20.6 Å². The summed E-state index contributed by atoms with van der Waals surface area (Å²) in [5.41, 5.74) is 4.95. The van der Waals surface area contributed by atoms with Crippen LogP contribution in [0.2, 0.25) is 6.32 Å². The molecule has 21 heavy (non-hydrogen) atoms. The number of carboxylic acid groups (broad SMARTS) is 1. The van der Waals surface area contributed by atoms with Crippen LogP contribution in [0.3, 0.4) is 0 Å². The summed E-state index contributed by atoms with van der Waals surface area (Å²) < 4.78 is 0. The van der Waals surface area contributed by atoms with Crippen molar-refractivity contribution in [2.24, 2.45) is 23.0 Å². The molecule has 1 saturated carbocycles. The first kappa shape index (κ1) is 18.4. The number of carboxylic acids is 1. The van der Waals surface area contributed by atoms with Gasteiger partial charge in [-0.1, -0.05) is 20.3 Å². The van der Waals surface area contributed by atoms with Gasteiger partial charge >= 0.3 is 13.1 Å². The highest BCUT2D eigenvalue weighted by Gasteiger charge is 2.52. The fraction of sp³-hybridized carbons (Fsp3) is 0.929. The summed E-state index contributed by atoms with van der Waals surface area (Å²) in [6.45, 7) is 4.87. The zero-order valence-electron chi connectivity index (χ0n) is 13.5. The maximum Gasteiger partial charge on any atom is 0.451 e. The Labute approximate surface area is 127 Å². The minimum absolute atomic E-state index is 0.0616. The van der Waals surface area contributed by atoms with Gasteiger partial charge in [0.05, 0.1) is 0 Å². The molecule has 6 nitrogen and oxygen atoms in total. The van der Waals surface area contributed by atoms with Gasteiger partial charge < -0.3 is 25.8 Å². The van der Waals surface area contributed by atoms with Gasteiger partial charge in [-0.05, 0) is 44.6 Å². The van der Waals surface area contributed by atoms with E-state index < -0.39 is 18.6 Å². The van der Waals surface area contributed by atoms with Crippen LogP contribution in [0.4, 0.5) is 0 Å². The standard InChI is InChI=1S/C14H29BN2O4/c1-13(2)7-11(9-17(3)4)14(16,12(18)19)8-10(13)5-6-15(20)21/h10-11,20-21H,5-9,16H2,1-4H3,(H,18,19). The van der Waals surface area contributed by atoms with E-state index in [1.807, 2.05) is 19.0 Å². The minimum Gasteiger partial charge on any atom is -0.480 e. The molecular formula is C14H29BN2O4. The van der Waals surface area contributed by atoms with Gasteiger partial charge in [0.15, 0.2) is 0 Å². The summed E-state index contributed by atoms with van der Waals surface area (Å²) in [4.78, 5) is 13.7. The molecule has 1 fully saturated rings. The van der Waals surface area contributed by atoms with E-state index in [0.717, 1.165) is 6.42 Å². The van der Waals surface area contributed by atoms with Gasteiger partial charge in [-0.3, -0.25) is 4.79 Å². The molecule has 0 aromatic carbocycles. The predicted octanol–water partition coefficient (Wildman–Crippen LogP) is 0.245. The molecular weight excluding hydrogens is 271 g/mol. The van der Waals surface area contributed by atoms with Crippen molar-refractivity contribution in [3.8, 4) is 0 Å². The van der Waals surface area contributed by atoms with Crippen LogP contribution < -0.4 is 5.73 Å². The number of hydrogen-bond donors (Lipinski definition) is 4. The number of hydrogen-bond acceptors (Lipinski definition) is 5. The van der Waals surface area contributed by atoms with Crippen molar-refractivity contribution in [3.05, 3.63) is 0 Å². The van der Waals surface area contributed by atoms with Gasteiger partial charge in [0.2, 0.25) is 0 Å². The quantitative estimate of drug-likeness (QED) is 0.524. The zero-order chi connectivity index (χ0) is 16.4. The third-order valence-electron chi connectivity index (χ3n) is 4.95. The number of nitrogens with zero attached hydrogens (tertiary/aromatic N) is 1. The molecule has 0 aromatic heterocycles. The summed E-state index contributed by atoms with van der Waals surface area (Å²) in [6, 6.07) is 0. The first-order chi connectivity index (χ1) is 9.49. The van der Waals surface area contributed by atoms with E-state index in [9.17, 15) is 9.90 Å². The van der Waals surface area contributed by atoms with Gasteiger partial charge in [0, 0.05) is 12.5 Å². The largest absolute Gasteiger partial charge is 0.480 e. The predicted molar refractivity (Wildman–Crippen MR) is 82.7 cm³/mol. The second-order valence-corrected chi connectivity index (χ2v) is 7.46. The molecule has 0 bridgehead atoms. The summed E-state index contributed by atoms with van der Waals surface area (Å²) in [5, 5.41) is 27.7. The number of nitrogens with two attached hydrogens (primary N) is 1. The number of carbonyl (C=O) groups is 1. The molecule has 0 radical (unpaired) electrons. The van der Waals surface area contributed by atoms with E-state index in [1.165, 1.54) is 0 Å². The molecule has 3 unspecified atom stereocenters. The molecule has 3 atom stereocenters. The summed E-state index contributed by atoms with van der Waals surface area (Å²) in [7, 11) is 2.49. The summed E-state index contributed by atoms with van der Waals surface area (Å²) in [6.07, 6.45) is 1.93. The van der Waals surface area contributed by atoms with E-state index in [2.05, 4.69) is 13.8 Å². The molecule has 122 valence electrons. The molecule has 0 aliphatic heterocycles.